The summed E-state index contributed by atoms with van der Waals surface area (Å²) in [5.74, 6) is -0.425. The van der Waals surface area contributed by atoms with Crippen LogP contribution >= 0.6 is 11.6 Å². The van der Waals surface area contributed by atoms with Gasteiger partial charge >= 0.3 is 0 Å². The van der Waals surface area contributed by atoms with Gasteiger partial charge in [-0.25, -0.2) is 4.39 Å². The number of aldehydes is 1. The van der Waals surface area contributed by atoms with E-state index in [1.54, 1.807) is 6.07 Å². The van der Waals surface area contributed by atoms with Crippen LogP contribution in [0.3, 0.4) is 0 Å². The Kier molecular flexibility index (Phi) is 6.06. The van der Waals surface area contributed by atoms with Crippen molar-refractivity contribution in [2.45, 2.75) is 6.04 Å². The number of nitrogens with one attached hydrogen (secondary N) is 2. The normalized spacial score (nSPS) is 12.0. The maximum atomic E-state index is 14.2. The van der Waals surface area contributed by atoms with Crippen molar-refractivity contribution in [3.63, 3.8) is 0 Å². The zero-order chi connectivity index (χ0) is 18.6. The van der Waals surface area contributed by atoms with Crippen LogP contribution < -0.4 is 10.2 Å². The first-order chi connectivity index (χ1) is 11.8. The number of nitro benzene ring substituents is 1. The van der Waals surface area contributed by atoms with Crippen LogP contribution in [0.2, 0.25) is 5.02 Å². The lowest BCUT2D eigenvalue weighted by molar-refractivity contribution is -0.890. The first-order valence-corrected chi connectivity index (χ1v) is 7.94. The number of quaternary nitrogens is 1. The Bertz CT molecular complexity index is 778. The summed E-state index contributed by atoms with van der Waals surface area (Å²) >= 11 is 6.14. The summed E-state index contributed by atoms with van der Waals surface area (Å²) < 4.78 is 14.2. The van der Waals surface area contributed by atoms with Gasteiger partial charge < -0.3 is 10.2 Å². The Hall–Kier alpha value is -2.51. The molecule has 132 valence electrons. The van der Waals surface area contributed by atoms with Gasteiger partial charge in [0.05, 0.1) is 36.1 Å². The molecule has 2 aromatic rings. The third-order valence-electron chi connectivity index (χ3n) is 3.90. The van der Waals surface area contributed by atoms with Crippen molar-refractivity contribution in [2.75, 3.05) is 26.0 Å². The van der Waals surface area contributed by atoms with E-state index < -0.39 is 10.7 Å². The van der Waals surface area contributed by atoms with Gasteiger partial charge in [0.15, 0.2) is 0 Å². The zero-order valence-electron chi connectivity index (χ0n) is 13.8. The molecule has 0 aromatic heterocycles. The number of likely N-dealkylation sites (N-methyl/N-ethyl adjacent to an activating group) is 1. The van der Waals surface area contributed by atoms with E-state index in [0.29, 0.717) is 16.9 Å². The van der Waals surface area contributed by atoms with E-state index >= 15 is 0 Å². The van der Waals surface area contributed by atoms with Gasteiger partial charge in [-0.2, -0.15) is 0 Å². The number of rotatable bonds is 7. The highest BCUT2D eigenvalue weighted by atomic mass is 35.5. The third-order valence-corrected chi connectivity index (χ3v) is 4.23. The van der Waals surface area contributed by atoms with Crippen LogP contribution in [-0.2, 0) is 0 Å². The fourth-order valence-corrected chi connectivity index (χ4v) is 2.87. The maximum Gasteiger partial charge on any atom is 0.293 e. The van der Waals surface area contributed by atoms with Gasteiger partial charge in [-0.15, -0.1) is 0 Å². The highest BCUT2D eigenvalue weighted by Crippen LogP contribution is 2.28. The lowest BCUT2D eigenvalue weighted by Gasteiger charge is -2.24. The number of benzene rings is 2. The molecular formula is C17H18ClFN3O3+. The van der Waals surface area contributed by atoms with E-state index in [0.717, 1.165) is 4.90 Å². The molecule has 0 aliphatic heterocycles. The summed E-state index contributed by atoms with van der Waals surface area (Å²) in [5, 5.41) is 14.5. The summed E-state index contributed by atoms with van der Waals surface area (Å²) in [6.45, 7) is 0.226. The van der Waals surface area contributed by atoms with Crippen molar-refractivity contribution in [3.8, 4) is 0 Å². The van der Waals surface area contributed by atoms with Crippen molar-refractivity contribution >= 4 is 29.3 Å². The number of nitrogens with zero attached hydrogens (tertiary/aromatic N) is 1. The Morgan fingerprint density at radius 3 is 2.64 bits per heavy atom. The zero-order valence-corrected chi connectivity index (χ0v) is 14.5. The van der Waals surface area contributed by atoms with E-state index in [-0.39, 0.29) is 29.5 Å². The van der Waals surface area contributed by atoms with Gasteiger partial charge in [0.25, 0.3) is 5.69 Å². The predicted molar refractivity (Wildman–Crippen MR) is 93.9 cm³/mol. The number of hydrogen-bond acceptors (Lipinski definition) is 4. The van der Waals surface area contributed by atoms with Gasteiger partial charge in [-0.3, -0.25) is 14.9 Å². The molecule has 6 nitrogen and oxygen atoms in total. The van der Waals surface area contributed by atoms with Crippen LogP contribution in [0.5, 0.6) is 0 Å². The standard InChI is InChI=1S/C17H17ClFN3O3/c1-21(2)16(17-12(18)4-3-5-13(17)19)9-20-14-7-6-11(10-23)8-15(14)22(24)25/h3-8,10,16,20H,9H2,1-2H3/p+1/t16-/m0/s1. The lowest BCUT2D eigenvalue weighted by atomic mass is 10.0. The molecule has 0 amide bonds. The predicted octanol–water partition coefficient (Wildman–Crippen LogP) is 2.50. The van der Waals surface area contributed by atoms with Crippen LogP contribution in [0.15, 0.2) is 36.4 Å². The summed E-state index contributed by atoms with van der Waals surface area (Å²) in [6.07, 6.45) is 0.544. The van der Waals surface area contributed by atoms with Crippen LogP contribution in [0.25, 0.3) is 0 Å². The topological polar surface area (TPSA) is 76.7 Å². The van der Waals surface area contributed by atoms with Crippen LogP contribution in [0.4, 0.5) is 15.8 Å². The van der Waals surface area contributed by atoms with Crippen LogP contribution in [0.1, 0.15) is 22.0 Å². The smallest absolute Gasteiger partial charge is 0.293 e. The van der Waals surface area contributed by atoms with E-state index in [4.69, 9.17) is 11.6 Å². The SMILES string of the molecule is C[NH+](C)[C@@H](CNc1ccc(C=O)cc1[N+](=O)[O-])c1c(F)cccc1Cl. The number of carbonyl (C=O) groups excluding carboxylic acids is 1. The Labute approximate surface area is 149 Å². The molecule has 0 saturated heterocycles. The minimum atomic E-state index is -0.567. The molecule has 0 aliphatic carbocycles. The van der Waals surface area contributed by atoms with Gasteiger partial charge in [0.2, 0.25) is 0 Å². The Morgan fingerprint density at radius 2 is 2.08 bits per heavy atom. The first-order valence-electron chi connectivity index (χ1n) is 7.56. The summed E-state index contributed by atoms with van der Waals surface area (Å²) in [6, 6.07) is 8.25. The second-order valence-electron chi connectivity index (χ2n) is 5.80. The van der Waals surface area contributed by atoms with Gasteiger partial charge in [-0.05, 0) is 24.3 Å². The molecule has 25 heavy (non-hydrogen) atoms. The Morgan fingerprint density at radius 1 is 1.36 bits per heavy atom. The van der Waals surface area contributed by atoms with E-state index in [2.05, 4.69) is 5.32 Å². The molecule has 2 rings (SSSR count). The highest BCUT2D eigenvalue weighted by Gasteiger charge is 2.25. The number of carbonyl (C=O) groups is 1. The van der Waals surface area contributed by atoms with Crippen LogP contribution in [-0.4, -0.2) is 31.8 Å². The van der Waals surface area contributed by atoms with Crippen molar-refractivity contribution in [3.05, 3.63) is 68.5 Å². The first kappa shape index (κ1) is 18.8. The molecule has 2 aromatic carbocycles. The number of nitro groups is 1. The average molecular weight is 367 g/mol. The van der Waals surface area contributed by atoms with E-state index in [1.807, 2.05) is 14.1 Å². The van der Waals surface area contributed by atoms with Crippen LogP contribution in [0, 0.1) is 15.9 Å². The molecular weight excluding hydrogens is 349 g/mol. The minimum Gasteiger partial charge on any atom is -0.373 e. The van der Waals surface area contributed by atoms with Gasteiger partial charge in [0, 0.05) is 11.6 Å². The monoisotopic (exact) mass is 366 g/mol. The van der Waals surface area contributed by atoms with Crippen molar-refractivity contribution in [2.24, 2.45) is 0 Å². The molecule has 0 unspecified atom stereocenters. The summed E-state index contributed by atoms with van der Waals surface area (Å²) in [7, 11) is 3.69. The minimum absolute atomic E-state index is 0.211. The Balaban J connectivity index is 2.31. The second-order valence-corrected chi connectivity index (χ2v) is 6.20. The summed E-state index contributed by atoms with van der Waals surface area (Å²) in [5.41, 5.74) is 0.610. The number of anilines is 1. The average Bonchev–Trinajstić information content (AvgIpc) is 2.56. The van der Waals surface area contributed by atoms with Crippen molar-refractivity contribution in [1.82, 2.24) is 0 Å². The second kappa shape index (κ2) is 8.04. The third kappa shape index (κ3) is 4.32. The number of hydrogen-bond donors (Lipinski definition) is 2. The molecule has 1 atom stereocenters. The molecule has 0 fully saturated rings. The van der Waals surface area contributed by atoms with E-state index in [1.165, 1.54) is 30.3 Å². The van der Waals surface area contributed by atoms with E-state index in [9.17, 15) is 19.3 Å². The molecule has 0 spiro atoms. The highest BCUT2D eigenvalue weighted by molar-refractivity contribution is 6.31. The molecule has 0 saturated carbocycles. The van der Waals surface area contributed by atoms with Gasteiger partial charge in [-0.1, -0.05) is 17.7 Å². The molecule has 0 bridgehead atoms. The van der Waals surface area contributed by atoms with Gasteiger partial charge in [0.1, 0.15) is 23.8 Å². The quantitative estimate of drug-likeness (QED) is 0.448. The number of halogens is 2. The lowest BCUT2D eigenvalue weighted by Crippen LogP contribution is -3.06. The summed E-state index contributed by atoms with van der Waals surface area (Å²) in [4.78, 5) is 22.4. The fourth-order valence-electron chi connectivity index (χ4n) is 2.57. The maximum absolute atomic E-state index is 14.2. The molecule has 8 heteroatoms. The molecule has 0 radical (unpaired) electrons. The largest absolute Gasteiger partial charge is 0.373 e. The molecule has 0 heterocycles. The fraction of sp³-hybridized carbons (Fsp3) is 0.235. The molecule has 2 N–H and O–H groups in total. The van der Waals surface area contributed by atoms with Crippen molar-refractivity contribution in [1.29, 1.82) is 0 Å². The van der Waals surface area contributed by atoms with Crippen molar-refractivity contribution < 1.29 is 19.0 Å². The molecule has 0 aliphatic rings.